The standard InChI is InChI=1S/C60H40N2/c1-2-13-46-39-47(28-27-41(46)11-1)44-25-23-42(24-26-44)43-29-32-49(33-30-43)61(50-34-36-51(37-35-50)62-59-21-7-5-17-57(59)58-18-6-8-22-60(58)62)52-15-9-14-48(40-52)54-19-10-20-55-53-16-4-3-12-45(53)31-38-56(54)55/h1-40H. The SMILES string of the molecule is c1cc(-c2cccc3c2ccc2ccccc23)cc(N(c2ccc(-c3ccc(-c4ccc5ccccc5c4)cc3)cc2)c2ccc(-n3c4ccccc4c4ccccc43)cc2)c1. The van der Waals surface area contributed by atoms with Crippen LogP contribution in [0.5, 0.6) is 0 Å². The third kappa shape index (κ3) is 6.12. The van der Waals surface area contributed by atoms with Crippen LogP contribution in [-0.4, -0.2) is 4.57 Å². The van der Waals surface area contributed by atoms with Gasteiger partial charge in [-0.25, -0.2) is 0 Å². The summed E-state index contributed by atoms with van der Waals surface area (Å²) >= 11 is 0. The molecule has 0 saturated carbocycles. The molecule has 0 radical (unpaired) electrons. The van der Waals surface area contributed by atoms with Crippen molar-refractivity contribution in [2.75, 3.05) is 4.90 Å². The normalized spacial score (nSPS) is 11.5. The second-order valence-corrected chi connectivity index (χ2v) is 16.1. The molecule has 0 aliphatic carbocycles. The summed E-state index contributed by atoms with van der Waals surface area (Å²) in [6.07, 6.45) is 0. The average Bonchev–Trinajstić information content (AvgIpc) is 3.69. The van der Waals surface area contributed by atoms with Crippen molar-refractivity contribution in [1.82, 2.24) is 4.57 Å². The number of anilines is 3. The molecule has 2 heteroatoms. The second kappa shape index (κ2) is 14.8. The molecule has 290 valence electrons. The first-order valence-corrected chi connectivity index (χ1v) is 21.3. The van der Waals surface area contributed by atoms with Gasteiger partial charge in [0.25, 0.3) is 0 Å². The van der Waals surface area contributed by atoms with E-state index in [1.165, 1.54) is 87.5 Å². The largest absolute Gasteiger partial charge is 0.310 e. The molecule has 0 bridgehead atoms. The fourth-order valence-electron chi connectivity index (χ4n) is 9.53. The number of nitrogens with zero attached hydrogens (tertiary/aromatic N) is 2. The van der Waals surface area contributed by atoms with Gasteiger partial charge in [0.1, 0.15) is 0 Å². The maximum atomic E-state index is 2.38. The molecule has 1 heterocycles. The van der Waals surface area contributed by atoms with Crippen molar-refractivity contribution in [3.05, 3.63) is 243 Å². The molecule has 12 aromatic rings. The molecule has 0 unspecified atom stereocenters. The van der Waals surface area contributed by atoms with Crippen molar-refractivity contribution in [1.29, 1.82) is 0 Å². The summed E-state index contributed by atoms with van der Waals surface area (Å²) < 4.78 is 2.38. The molecule has 0 N–H and O–H groups in total. The van der Waals surface area contributed by atoms with Gasteiger partial charge in [-0.1, -0.05) is 176 Å². The molecule has 0 spiro atoms. The molecule has 0 aliphatic rings. The van der Waals surface area contributed by atoms with Crippen molar-refractivity contribution in [3.8, 4) is 39.1 Å². The van der Waals surface area contributed by atoms with Crippen LogP contribution < -0.4 is 4.90 Å². The van der Waals surface area contributed by atoms with Crippen LogP contribution in [0.2, 0.25) is 0 Å². The van der Waals surface area contributed by atoms with Crippen molar-refractivity contribution < 1.29 is 0 Å². The molecule has 1 aromatic heterocycles. The lowest BCUT2D eigenvalue weighted by molar-refractivity contribution is 1.17. The van der Waals surface area contributed by atoms with Crippen molar-refractivity contribution in [2.45, 2.75) is 0 Å². The summed E-state index contributed by atoms with van der Waals surface area (Å²) in [4.78, 5) is 2.38. The Hall–Kier alpha value is -8.20. The predicted octanol–water partition coefficient (Wildman–Crippen LogP) is 16.7. The van der Waals surface area contributed by atoms with Crippen LogP contribution in [-0.2, 0) is 0 Å². The smallest absolute Gasteiger partial charge is 0.0541 e. The third-order valence-electron chi connectivity index (χ3n) is 12.6. The number of hydrogen-bond acceptors (Lipinski definition) is 1. The molecular weight excluding hydrogens is 749 g/mol. The number of hydrogen-bond donors (Lipinski definition) is 0. The van der Waals surface area contributed by atoms with Crippen LogP contribution in [0, 0.1) is 0 Å². The van der Waals surface area contributed by atoms with Gasteiger partial charge in [-0.2, -0.15) is 0 Å². The van der Waals surface area contributed by atoms with E-state index in [9.17, 15) is 0 Å². The van der Waals surface area contributed by atoms with E-state index in [1.807, 2.05) is 0 Å². The highest BCUT2D eigenvalue weighted by molar-refractivity contribution is 6.12. The molecule has 62 heavy (non-hydrogen) atoms. The summed E-state index contributed by atoms with van der Waals surface area (Å²) in [5, 5.41) is 10.1. The minimum absolute atomic E-state index is 1.09. The van der Waals surface area contributed by atoms with Gasteiger partial charge in [-0.05, 0) is 132 Å². The monoisotopic (exact) mass is 788 g/mol. The highest BCUT2D eigenvalue weighted by Crippen LogP contribution is 2.41. The quantitative estimate of drug-likeness (QED) is 0.146. The van der Waals surface area contributed by atoms with Gasteiger partial charge in [0, 0.05) is 33.5 Å². The Morgan fingerprint density at radius 1 is 0.258 bits per heavy atom. The molecule has 11 aromatic carbocycles. The minimum atomic E-state index is 1.09. The van der Waals surface area contributed by atoms with E-state index in [-0.39, 0.29) is 0 Å². The lowest BCUT2D eigenvalue weighted by Crippen LogP contribution is -2.10. The highest BCUT2D eigenvalue weighted by atomic mass is 15.1. The van der Waals surface area contributed by atoms with Crippen LogP contribution in [0.1, 0.15) is 0 Å². The van der Waals surface area contributed by atoms with Gasteiger partial charge in [0.2, 0.25) is 0 Å². The van der Waals surface area contributed by atoms with Crippen LogP contribution in [0.4, 0.5) is 17.1 Å². The molecule has 0 fully saturated rings. The summed E-state index contributed by atoms with van der Waals surface area (Å²) in [7, 11) is 0. The molecule has 0 amide bonds. The molecular formula is C60H40N2. The van der Waals surface area contributed by atoms with Crippen molar-refractivity contribution in [3.63, 3.8) is 0 Å². The second-order valence-electron chi connectivity index (χ2n) is 16.1. The molecule has 0 atom stereocenters. The highest BCUT2D eigenvalue weighted by Gasteiger charge is 2.17. The Morgan fingerprint density at radius 3 is 1.48 bits per heavy atom. The van der Waals surface area contributed by atoms with Crippen LogP contribution >= 0.6 is 0 Å². The number of benzene rings is 11. The van der Waals surface area contributed by atoms with Gasteiger partial charge < -0.3 is 9.47 Å². The van der Waals surface area contributed by atoms with Crippen LogP contribution in [0.15, 0.2) is 243 Å². The molecule has 2 nitrogen and oxygen atoms in total. The number of para-hydroxylation sites is 2. The van der Waals surface area contributed by atoms with Gasteiger partial charge in [-0.15, -0.1) is 0 Å². The minimum Gasteiger partial charge on any atom is -0.310 e. The molecule has 0 saturated heterocycles. The van der Waals surface area contributed by atoms with Crippen molar-refractivity contribution >= 4 is 71.2 Å². The Bertz CT molecular complexity index is 3560. The van der Waals surface area contributed by atoms with Gasteiger partial charge in [0.15, 0.2) is 0 Å². The van der Waals surface area contributed by atoms with Gasteiger partial charge in [0.05, 0.1) is 11.0 Å². The lowest BCUT2D eigenvalue weighted by Gasteiger charge is -2.27. The van der Waals surface area contributed by atoms with E-state index in [1.54, 1.807) is 0 Å². The first-order chi connectivity index (χ1) is 30.7. The van der Waals surface area contributed by atoms with E-state index in [0.29, 0.717) is 0 Å². The van der Waals surface area contributed by atoms with E-state index < -0.39 is 0 Å². The zero-order valence-electron chi connectivity index (χ0n) is 34.0. The maximum absolute atomic E-state index is 2.38. The number of rotatable bonds is 7. The summed E-state index contributed by atoms with van der Waals surface area (Å²) in [5.41, 5.74) is 14.0. The van der Waals surface area contributed by atoms with E-state index >= 15 is 0 Å². The lowest BCUT2D eigenvalue weighted by atomic mass is 9.94. The maximum Gasteiger partial charge on any atom is 0.0541 e. The van der Waals surface area contributed by atoms with Gasteiger partial charge >= 0.3 is 0 Å². The Labute approximate surface area is 360 Å². The van der Waals surface area contributed by atoms with Crippen LogP contribution in [0.25, 0.3) is 93.2 Å². The average molecular weight is 789 g/mol. The van der Waals surface area contributed by atoms with E-state index in [4.69, 9.17) is 0 Å². The Morgan fingerprint density at radius 2 is 0.774 bits per heavy atom. The van der Waals surface area contributed by atoms with Crippen LogP contribution in [0.3, 0.4) is 0 Å². The Kier molecular flexibility index (Phi) is 8.53. The third-order valence-corrected chi connectivity index (χ3v) is 12.6. The first-order valence-electron chi connectivity index (χ1n) is 21.3. The van der Waals surface area contributed by atoms with E-state index in [0.717, 1.165) is 22.7 Å². The zero-order chi connectivity index (χ0) is 41.0. The van der Waals surface area contributed by atoms with Gasteiger partial charge in [-0.3, -0.25) is 0 Å². The predicted molar refractivity (Wildman–Crippen MR) is 264 cm³/mol. The fraction of sp³-hybridized carbons (Fsp3) is 0. The summed E-state index contributed by atoms with van der Waals surface area (Å²) in [5.74, 6) is 0. The Balaban J connectivity index is 0.943. The molecule has 0 aliphatic heterocycles. The summed E-state index contributed by atoms with van der Waals surface area (Å²) in [6.45, 7) is 0. The number of fused-ring (bicyclic) bond motifs is 7. The molecule has 12 rings (SSSR count). The zero-order valence-corrected chi connectivity index (χ0v) is 34.0. The number of aromatic nitrogens is 1. The fourth-order valence-corrected chi connectivity index (χ4v) is 9.53. The topological polar surface area (TPSA) is 8.17 Å². The van der Waals surface area contributed by atoms with Crippen molar-refractivity contribution in [2.24, 2.45) is 0 Å². The first kappa shape index (κ1) is 35.7. The van der Waals surface area contributed by atoms with E-state index in [2.05, 4.69) is 252 Å². The summed E-state index contributed by atoms with van der Waals surface area (Å²) in [6, 6.07) is 88.5.